The lowest BCUT2D eigenvalue weighted by Gasteiger charge is -2.11. The van der Waals surface area contributed by atoms with Crippen molar-refractivity contribution in [2.45, 2.75) is 52.5 Å². The Balaban J connectivity index is 1.58. The normalized spacial score (nSPS) is 13.4. The molecule has 1 aliphatic carbocycles. The number of aryl methyl sites for hydroxylation is 2. The Morgan fingerprint density at radius 3 is 2.63 bits per heavy atom. The van der Waals surface area contributed by atoms with Crippen LogP contribution in [0.3, 0.4) is 0 Å². The van der Waals surface area contributed by atoms with Gasteiger partial charge in [0, 0.05) is 15.4 Å². The van der Waals surface area contributed by atoms with Crippen LogP contribution in [0.5, 0.6) is 5.75 Å². The average molecular weight is 441 g/mol. The van der Waals surface area contributed by atoms with E-state index < -0.39 is 0 Å². The first-order valence-electron chi connectivity index (χ1n) is 10.6. The van der Waals surface area contributed by atoms with Crippen molar-refractivity contribution >= 4 is 39.3 Å². The number of thiophene rings is 2. The molecule has 2 aromatic heterocycles. The van der Waals surface area contributed by atoms with Gasteiger partial charge in [0.25, 0.3) is 5.91 Å². The van der Waals surface area contributed by atoms with Crippen molar-refractivity contribution in [3.05, 3.63) is 62.2 Å². The number of nitrogens with one attached hydrogen (secondary N) is 2. The number of fused-ring (bicyclic) bond motifs is 1. The van der Waals surface area contributed by atoms with E-state index in [0.29, 0.717) is 6.61 Å². The summed E-state index contributed by atoms with van der Waals surface area (Å²) in [6.07, 6.45) is 5.65. The molecule has 1 amide bonds. The Kier molecular flexibility index (Phi) is 6.75. The van der Waals surface area contributed by atoms with Crippen LogP contribution in [-0.2, 0) is 19.4 Å². The number of benzene rings is 1. The van der Waals surface area contributed by atoms with Crippen LogP contribution in [0, 0.1) is 6.92 Å². The minimum atomic E-state index is -0.0241. The van der Waals surface area contributed by atoms with E-state index in [1.165, 1.54) is 33.7 Å². The van der Waals surface area contributed by atoms with Gasteiger partial charge < -0.3 is 15.4 Å². The maximum atomic E-state index is 13.3. The molecule has 0 saturated heterocycles. The first-order chi connectivity index (χ1) is 14.7. The SMILES string of the molecule is CCOc1ccc(NC(=O)c2c(NCc3sccc3C)sc3c2CCCCC3)cc1. The highest BCUT2D eigenvalue weighted by atomic mass is 32.1. The van der Waals surface area contributed by atoms with E-state index in [9.17, 15) is 4.79 Å². The lowest BCUT2D eigenvalue weighted by molar-refractivity contribution is 0.102. The zero-order chi connectivity index (χ0) is 20.9. The summed E-state index contributed by atoms with van der Waals surface area (Å²) in [5.41, 5.74) is 4.16. The van der Waals surface area contributed by atoms with Crippen LogP contribution in [0.4, 0.5) is 10.7 Å². The van der Waals surface area contributed by atoms with Crippen molar-refractivity contribution in [1.29, 1.82) is 0 Å². The second kappa shape index (κ2) is 9.67. The highest BCUT2D eigenvalue weighted by Gasteiger charge is 2.25. The zero-order valence-electron chi connectivity index (χ0n) is 17.5. The van der Waals surface area contributed by atoms with E-state index >= 15 is 0 Å². The fraction of sp³-hybridized carbons (Fsp3) is 0.375. The zero-order valence-corrected chi connectivity index (χ0v) is 19.2. The molecule has 0 aliphatic heterocycles. The van der Waals surface area contributed by atoms with Crippen LogP contribution in [0.2, 0.25) is 0 Å². The van der Waals surface area contributed by atoms with Crippen LogP contribution in [0.25, 0.3) is 0 Å². The lowest BCUT2D eigenvalue weighted by atomic mass is 10.0. The number of carbonyl (C=O) groups excluding carboxylic acids is 1. The van der Waals surface area contributed by atoms with Crippen molar-refractivity contribution in [3.8, 4) is 5.75 Å². The summed E-state index contributed by atoms with van der Waals surface area (Å²) < 4.78 is 5.50. The third-order valence-electron chi connectivity index (χ3n) is 5.45. The van der Waals surface area contributed by atoms with Crippen molar-refractivity contribution < 1.29 is 9.53 Å². The summed E-state index contributed by atoms with van der Waals surface area (Å²) in [7, 11) is 0. The molecule has 3 aromatic rings. The molecule has 0 spiro atoms. The maximum Gasteiger partial charge on any atom is 0.258 e. The number of amides is 1. The molecular weight excluding hydrogens is 412 g/mol. The Morgan fingerprint density at radius 1 is 1.10 bits per heavy atom. The van der Waals surface area contributed by atoms with Gasteiger partial charge in [-0.05, 0) is 86.4 Å². The van der Waals surface area contributed by atoms with E-state index in [4.69, 9.17) is 4.74 Å². The molecule has 0 saturated carbocycles. The topological polar surface area (TPSA) is 50.4 Å². The van der Waals surface area contributed by atoms with Crippen LogP contribution in [0.1, 0.15) is 57.4 Å². The van der Waals surface area contributed by atoms with Gasteiger partial charge in [-0.2, -0.15) is 0 Å². The molecule has 6 heteroatoms. The Labute approximate surface area is 186 Å². The fourth-order valence-corrected chi connectivity index (χ4v) is 5.98. The third kappa shape index (κ3) is 4.71. The van der Waals surface area contributed by atoms with Gasteiger partial charge >= 0.3 is 0 Å². The number of hydrogen-bond donors (Lipinski definition) is 2. The molecule has 0 bridgehead atoms. The average Bonchev–Trinajstić information content (AvgIpc) is 3.23. The first-order valence-corrected chi connectivity index (χ1v) is 12.3. The van der Waals surface area contributed by atoms with Gasteiger partial charge in [-0.3, -0.25) is 4.79 Å². The molecule has 0 atom stereocenters. The van der Waals surface area contributed by atoms with Crippen molar-refractivity contribution in [1.82, 2.24) is 0 Å². The van der Waals surface area contributed by atoms with Crippen molar-refractivity contribution in [3.63, 3.8) is 0 Å². The van der Waals surface area contributed by atoms with Gasteiger partial charge in [-0.15, -0.1) is 22.7 Å². The number of ether oxygens (including phenoxy) is 1. The Bertz CT molecular complexity index is 1000. The summed E-state index contributed by atoms with van der Waals surface area (Å²) in [4.78, 5) is 16.0. The number of anilines is 2. The minimum absolute atomic E-state index is 0.0241. The molecule has 2 N–H and O–H groups in total. The molecule has 1 aliphatic rings. The van der Waals surface area contributed by atoms with Crippen LogP contribution < -0.4 is 15.4 Å². The molecule has 4 rings (SSSR count). The van der Waals surface area contributed by atoms with Crippen LogP contribution >= 0.6 is 22.7 Å². The van der Waals surface area contributed by atoms with Gasteiger partial charge in [0.1, 0.15) is 10.8 Å². The van der Waals surface area contributed by atoms with Crippen molar-refractivity contribution in [2.75, 3.05) is 17.2 Å². The lowest BCUT2D eigenvalue weighted by Crippen LogP contribution is -2.15. The van der Waals surface area contributed by atoms with E-state index in [-0.39, 0.29) is 5.91 Å². The predicted molar refractivity (Wildman–Crippen MR) is 128 cm³/mol. The van der Waals surface area contributed by atoms with Crippen molar-refractivity contribution in [2.24, 2.45) is 0 Å². The van der Waals surface area contributed by atoms with Gasteiger partial charge in [-0.25, -0.2) is 0 Å². The molecule has 0 fully saturated rings. The largest absolute Gasteiger partial charge is 0.494 e. The summed E-state index contributed by atoms with van der Waals surface area (Å²) in [6, 6.07) is 9.73. The van der Waals surface area contributed by atoms with E-state index in [2.05, 4.69) is 29.0 Å². The molecular formula is C24H28N2O2S2. The Hall–Kier alpha value is -2.31. The van der Waals surface area contributed by atoms with Gasteiger partial charge in [-0.1, -0.05) is 6.42 Å². The van der Waals surface area contributed by atoms with Gasteiger partial charge in [0.2, 0.25) is 0 Å². The quantitative estimate of drug-likeness (QED) is 0.404. The standard InChI is InChI=1S/C24H28N2O2S2/c1-3-28-18-11-9-17(10-12-18)26-23(27)22-19-7-5-4-6-8-20(19)30-24(22)25-15-21-16(2)13-14-29-21/h9-14,25H,3-8,15H2,1-2H3,(H,26,27). The smallest absolute Gasteiger partial charge is 0.258 e. The van der Waals surface area contributed by atoms with E-state index in [0.717, 1.165) is 47.8 Å². The second-order valence-electron chi connectivity index (χ2n) is 7.56. The first kappa shape index (κ1) is 20.9. The monoisotopic (exact) mass is 440 g/mol. The van der Waals surface area contributed by atoms with Gasteiger partial charge in [0.05, 0.1) is 18.7 Å². The number of hydrogen-bond acceptors (Lipinski definition) is 5. The Morgan fingerprint density at radius 2 is 1.90 bits per heavy atom. The summed E-state index contributed by atoms with van der Waals surface area (Å²) in [5.74, 6) is 0.789. The highest BCUT2D eigenvalue weighted by molar-refractivity contribution is 7.16. The molecule has 0 unspecified atom stereocenters. The molecule has 1 aromatic carbocycles. The van der Waals surface area contributed by atoms with Crippen LogP contribution in [0.15, 0.2) is 35.7 Å². The number of carbonyl (C=O) groups is 1. The molecule has 158 valence electrons. The predicted octanol–water partition coefficient (Wildman–Crippen LogP) is 6.65. The fourth-order valence-electron chi connectivity index (χ4n) is 3.85. The number of rotatable bonds is 7. The molecule has 2 heterocycles. The van der Waals surface area contributed by atoms with E-state index in [1.807, 2.05) is 31.2 Å². The summed E-state index contributed by atoms with van der Waals surface area (Å²) >= 11 is 3.52. The summed E-state index contributed by atoms with van der Waals surface area (Å²) in [6.45, 7) is 5.48. The minimum Gasteiger partial charge on any atom is -0.494 e. The molecule has 0 radical (unpaired) electrons. The maximum absolute atomic E-state index is 13.3. The second-order valence-corrected chi connectivity index (χ2v) is 9.67. The third-order valence-corrected chi connectivity index (χ3v) is 7.72. The van der Waals surface area contributed by atoms with Crippen LogP contribution in [-0.4, -0.2) is 12.5 Å². The van der Waals surface area contributed by atoms with E-state index in [1.54, 1.807) is 22.7 Å². The summed E-state index contributed by atoms with van der Waals surface area (Å²) in [5, 5.41) is 9.80. The highest BCUT2D eigenvalue weighted by Crippen LogP contribution is 2.38. The molecule has 30 heavy (non-hydrogen) atoms. The van der Waals surface area contributed by atoms with Gasteiger partial charge in [0.15, 0.2) is 0 Å². The molecule has 4 nitrogen and oxygen atoms in total.